The van der Waals surface area contributed by atoms with Gasteiger partial charge in [0, 0.05) is 6.61 Å². The average Bonchev–Trinajstić information content (AvgIpc) is 2.83. The van der Waals surface area contributed by atoms with Crippen LogP contribution in [0.5, 0.6) is 5.75 Å². The Morgan fingerprint density at radius 2 is 1.85 bits per heavy atom. The summed E-state index contributed by atoms with van der Waals surface area (Å²) in [6.07, 6.45) is -3.85. The van der Waals surface area contributed by atoms with Crippen LogP contribution in [0.15, 0.2) is 28.7 Å². The van der Waals surface area contributed by atoms with Crippen LogP contribution in [-0.4, -0.2) is 25.8 Å². The first-order chi connectivity index (χ1) is 12.5. The fourth-order valence-corrected chi connectivity index (χ4v) is 3.60. The fourth-order valence-electron chi connectivity index (χ4n) is 2.42. The molecule has 0 N–H and O–H groups in total. The van der Waals surface area contributed by atoms with Crippen molar-refractivity contribution in [2.45, 2.75) is 19.8 Å². The molecule has 0 aliphatic rings. The molecule has 0 aliphatic carbocycles. The molecular weight excluding hydrogens is 453 g/mol. The Kier molecular flexibility index (Phi) is 6.24. The molecule has 0 bridgehead atoms. The lowest BCUT2D eigenvalue weighted by Gasteiger charge is -2.15. The molecule has 0 aliphatic heterocycles. The van der Waals surface area contributed by atoms with Gasteiger partial charge in [-0.05, 0) is 52.7 Å². The molecule has 2 aromatic rings. The van der Waals surface area contributed by atoms with E-state index in [-0.39, 0.29) is 33.6 Å². The quantitative estimate of drug-likeness (QED) is 0.597. The van der Waals surface area contributed by atoms with Crippen molar-refractivity contribution in [1.29, 1.82) is 5.26 Å². The minimum absolute atomic E-state index is 0.00205. The molecule has 0 saturated carbocycles. The average molecular weight is 467 g/mol. The van der Waals surface area contributed by atoms with Crippen molar-refractivity contribution in [2.75, 3.05) is 12.9 Å². The third-order valence-corrected chi connectivity index (χ3v) is 4.65. The van der Waals surface area contributed by atoms with Crippen molar-refractivity contribution < 1.29 is 30.5 Å². The third-order valence-electron chi connectivity index (χ3n) is 3.38. The third kappa shape index (κ3) is 4.82. The lowest BCUT2D eigenvalue weighted by atomic mass is 10.1. The van der Waals surface area contributed by atoms with Gasteiger partial charge in [-0.25, -0.2) is 0 Å². The normalized spacial score (nSPS) is 12.0. The molecule has 0 unspecified atom stereocenters. The summed E-state index contributed by atoms with van der Waals surface area (Å²) in [6, 6.07) is 7.08. The molecule has 0 spiro atoms. The molecule has 2 rings (SSSR count). The van der Waals surface area contributed by atoms with E-state index < -0.39 is 28.7 Å². The van der Waals surface area contributed by atoms with E-state index in [1.807, 2.05) is 0 Å². The molecule has 27 heavy (non-hydrogen) atoms. The Balaban J connectivity index is 2.66. The number of alkyl halides is 3. The fraction of sp³-hybridized carbons (Fsp3) is 0.312. The Morgan fingerprint density at radius 1 is 1.26 bits per heavy atom. The molecule has 1 aromatic heterocycles. The van der Waals surface area contributed by atoms with Crippen molar-refractivity contribution in [3.05, 3.63) is 40.0 Å². The van der Waals surface area contributed by atoms with E-state index in [1.165, 1.54) is 24.3 Å². The van der Waals surface area contributed by atoms with Gasteiger partial charge in [-0.2, -0.15) is 26.9 Å². The van der Waals surface area contributed by atoms with Gasteiger partial charge >= 0.3 is 16.3 Å². The van der Waals surface area contributed by atoms with Crippen LogP contribution in [0.1, 0.15) is 18.2 Å². The van der Waals surface area contributed by atoms with Gasteiger partial charge in [-0.1, -0.05) is 0 Å². The zero-order chi connectivity index (χ0) is 20.4. The largest absolute Gasteiger partial charge is 0.432 e. The van der Waals surface area contributed by atoms with Crippen LogP contribution in [0.2, 0.25) is 0 Å². The second kappa shape index (κ2) is 7.92. The number of rotatable bonds is 6. The van der Waals surface area contributed by atoms with Crippen LogP contribution in [0.3, 0.4) is 0 Å². The number of benzene rings is 1. The highest BCUT2D eigenvalue weighted by Crippen LogP contribution is 2.43. The lowest BCUT2D eigenvalue weighted by Crippen LogP contribution is -2.16. The molecule has 0 atom stereocenters. The van der Waals surface area contributed by atoms with Crippen LogP contribution in [0.4, 0.5) is 13.2 Å². The molecule has 11 heteroatoms. The van der Waals surface area contributed by atoms with Gasteiger partial charge in [0.25, 0.3) is 0 Å². The van der Waals surface area contributed by atoms with Gasteiger partial charge in [0.15, 0.2) is 0 Å². The van der Waals surface area contributed by atoms with Gasteiger partial charge in [0.2, 0.25) is 0 Å². The maximum Gasteiger partial charge on any atom is 0.432 e. The first kappa shape index (κ1) is 21.3. The zero-order valence-electron chi connectivity index (χ0n) is 14.2. The smallest absolute Gasteiger partial charge is 0.383 e. The molecule has 0 saturated heterocycles. The summed E-state index contributed by atoms with van der Waals surface area (Å²) in [5.74, 6) is -0.00205. The monoisotopic (exact) mass is 466 g/mol. The van der Waals surface area contributed by atoms with Crippen molar-refractivity contribution in [3.8, 4) is 23.1 Å². The van der Waals surface area contributed by atoms with E-state index in [9.17, 15) is 26.9 Å². The summed E-state index contributed by atoms with van der Waals surface area (Å²) in [7, 11) is -3.74. The predicted molar refractivity (Wildman–Crippen MR) is 94.4 cm³/mol. The summed E-state index contributed by atoms with van der Waals surface area (Å²) in [5, 5.41) is 9.39. The highest BCUT2D eigenvalue weighted by atomic mass is 79.9. The number of hydrogen-bond donors (Lipinski definition) is 0. The first-order valence-corrected chi connectivity index (χ1v) is 10.1. The summed E-state index contributed by atoms with van der Waals surface area (Å²) < 4.78 is 73.3. The first-order valence-electron chi connectivity index (χ1n) is 7.46. The van der Waals surface area contributed by atoms with E-state index >= 15 is 0 Å². The highest BCUT2D eigenvalue weighted by molar-refractivity contribution is 9.10. The summed E-state index contributed by atoms with van der Waals surface area (Å²) in [6.45, 7) is 1.39. The summed E-state index contributed by atoms with van der Waals surface area (Å²) in [5.41, 5.74) is -0.989. The minimum atomic E-state index is -4.72. The van der Waals surface area contributed by atoms with Crippen LogP contribution in [0.25, 0.3) is 11.3 Å². The van der Waals surface area contributed by atoms with Crippen LogP contribution in [0, 0.1) is 11.3 Å². The second-order valence-corrected chi connectivity index (χ2v) is 7.73. The van der Waals surface area contributed by atoms with Gasteiger partial charge in [-0.3, -0.25) is 0 Å². The maximum atomic E-state index is 13.5. The minimum Gasteiger partial charge on any atom is -0.383 e. The van der Waals surface area contributed by atoms with Crippen molar-refractivity contribution in [1.82, 2.24) is 4.57 Å². The number of aromatic nitrogens is 1. The van der Waals surface area contributed by atoms with Gasteiger partial charge in [0.05, 0.1) is 22.0 Å². The summed E-state index contributed by atoms with van der Waals surface area (Å²) in [4.78, 5) is 0. The van der Waals surface area contributed by atoms with E-state index in [0.29, 0.717) is 0 Å². The number of halogens is 4. The molecule has 0 radical (unpaired) electrons. The molecule has 146 valence electrons. The predicted octanol–water partition coefficient (Wildman–Crippen LogP) is 4.14. The van der Waals surface area contributed by atoms with Crippen molar-refractivity contribution in [2.24, 2.45) is 0 Å². The van der Waals surface area contributed by atoms with Crippen LogP contribution < -0.4 is 4.18 Å². The summed E-state index contributed by atoms with van der Waals surface area (Å²) >= 11 is 2.87. The zero-order valence-corrected chi connectivity index (χ0v) is 16.6. The van der Waals surface area contributed by atoms with Gasteiger partial charge < -0.3 is 13.5 Å². The van der Waals surface area contributed by atoms with E-state index in [2.05, 4.69) is 15.9 Å². The number of nitriles is 1. The Morgan fingerprint density at radius 3 is 2.30 bits per heavy atom. The molecular formula is C16H14BrF3N2O4S. The topological polar surface area (TPSA) is 81.3 Å². The van der Waals surface area contributed by atoms with Crippen LogP contribution >= 0.6 is 15.9 Å². The molecule has 0 fully saturated rings. The van der Waals surface area contributed by atoms with E-state index in [0.717, 1.165) is 10.8 Å². The van der Waals surface area contributed by atoms with E-state index in [4.69, 9.17) is 8.92 Å². The van der Waals surface area contributed by atoms with Crippen molar-refractivity contribution in [3.63, 3.8) is 0 Å². The van der Waals surface area contributed by atoms with Gasteiger partial charge in [0.1, 0.15) is 24.2 Å². The van der Waals surface area contributed by atoms with E-state index in [1.54, 1.807) is 13.0 Å². The SMILES string of the molecule is CCOCn1c(-c2ccc(OS(C)(=O)=O)cc2)c(C#N)c(Br)c1C(F)(F)F. The maximum absolute atomic E-state index is 13.5. The van der Waals surface area contributed by atoms with Crippen LogP contribution in [-0.2, 0) is 27.8 Å². The lowest BCUT2D eigenvalue weighted by molar-refractivity contribution is -0.146. The number of ether oxygens (including phenoxy) is 1. The van der Waals surface area contributed by atoms with Gasteiger partial charge in [-0.15, -0.1) is 0 Å². The molecule has 1 heterocycles. The molecule has 0 amide bonds. The second-order valence-electron chi connectivity index (χ2n) is 5.36. The number of nitrogens with zero attached hydrogens (tertiary/aromatic N) is 2. The standard InChI is InChI=1S/C16H14BrF3N2O4S/c1-3-25-9-22-14(12(8-21)13(17)15(22)16(18,19)20)10-4-6-11(7-5-10)26-27(2,23)24/h4-7H,3,9H2,1-2H3. The molecule has 6 nitrogen and oxygen atoms in total. The number of hydrogen-bond acceptors (Lipinski definition) is 5. The Bertz CT molecular complexity index is 977. The molecule has 1 aromatic carbocycles. The Labute approximate surface area is 162 Å². The highest BCUT2D eigenvalue weighted by Gasteiger charge is 2.40. The van der Waals surface area contributed by atoms with Crippen molar-refractivity contribution >= 4 is 26.0 Å². The Hall–Kier alpha value is -2.03.